The van der Waals surface area contributed by atoms with Crippen molar-refractivity contribution < 1.29 is 0 Å². The van der Waals surface area contributed by atoms with Gasteiger partial charge in [0.1, 0.15) is 0 Å². The monoisotopic (exact) mass is 269 g/mol. The Labute approximate surface area is 122 Å². The molecule has 98 valence electrons. The number of nitrogens with zero attached hydrogens (tertiary/aromatic N) is 2. The summed E-state index contributed by atoms with van der Waals surface area (Å²) in [5.74, 6) is 0. The molecule has 0 aliphatic heterocycles. The normalized spacial score (nSPS) is 11.0. The number of allylic oxidation sites excluding steroid dienone is 1. The van der Waals surface area contributed by atoms with Gasteiger partial charge in [0.2, 0.25) is 0 Å². The van der Waals surface area contributed by atoms with Crippen LogP contribution >= 0.6 is 0 Å². The molecular formula is C18H11N3. The Hall–Kier alpha value is -3.30. The first-order valence-corrected chi connectivity index (χ1v) is 6.50. The topological polar surface area (TPSA) is 63.4 Å². The average Bonchev–Trinajstić information content (AvgIpc) is 2.97. The second kappa shape index (κ2) is 5.36. The lowest BCUT2D eigenvalue weighted by atomic mass is 10.0. The van der Waals surface area contributed by atoms with E-state index in [0.29, 0.717) is 11.1 Å². The number of para-hydroxylation sites is 1. The fourth-order valence-corrected chi connectivity index (χ4v) is 2.29. The van der Waals surface area contributed by atoms with Gasteiger partial charge in [0, 0.05) is 22.7 Å². The fourth-order valence-electron chi connectivity index (χ4n) is 2.29. The van der Waals surface area contributed by atoms with E-state index in [1.165, 1.54) is 0 Å². The minimum Gasteiger partial charge on any atom is -0.361 e. The largest absolute Gasteiger partial charge is 0.361 e. The van der Waals surface area contributed by atoms with E-state index in [1.54, 1.807) is 12.1 Å². The van der Waals surface area contributed by atoms with Crippen LogP contribution in [0.4, 0.5) is 0 Å². The van der Waals surface area contributed by atoms with Crippen LogP contribution in [0.5, 0.6) is 0 Å². The van der Waals surface area contributed by atoms with Crippen LogP contribution in [-0.2, 0) is 0 Å². The third kappa shape index (κ3) is 2.41. The Bertz CT molecular complexity index is 900. The molecule has 0 aliphatic carbocycles. The van der Waals surface area contributed by atoms with Crippen molar-refractivity contribution in [3.05, 3.63) is 71.4 Å². The van der Waals surface area contributed by atoms with Crippen molar-refractivity contribution in [2.45, 2.75) is 0 Å². The summed E-state index contributed by atoms with van der Waals surface area (Å²) >= 11 is 0. The van der Waals surface area contributed by atoms with Crippen molar-refractivity contribution in [1.82, 2.24) is 4.98 Å². The van der Waals surface area contributed by atoms with E-state index >= 15 is 0 Å². The number of aromatic amines is 1. The van der Waals surface area contributed by atoms with Crippen LogP contribution in [0.15, 0.2) is 54.7 Å². The standard InChI is InChI=1S/C18H11N3/c19-10-14-7-5-13(6-8-14)9-15(11-20)17-12-21-18-4-2-1-3-16(17)18/h1-9,12,21H/b15-9+. The molecule has 0 unspecified atom stereocenters. The van der Waals surface area contributed by atoms with Gasteiger partial charge in [0.15, 0.2) is 0 Å². The Balaban J connectivity index is 2.07. The van der Waals surface area contributed by atoms with Crippen molar-refractivity contribution >= 4 is 22.6 Å². The van der Waals surface area contributed by atoms with Gasteiger partial charge < -0.3 is 4.98 Å². The maximum absolute atomic E-state index is 9.43. The van der Waals surface area contributed by atoms with E-state index in [0.717, 1.165) is 22.0 Å². The highest BCUT2D eigenvalue weighted by Gasteiger charge is 2.07. The molecule has 2 aromatic carbocycles. The maximum atomic E-state index is 9.43. The minimum absolute atomic E-state index is 0.595. The zero-order chi connectivity index (χ0) is 14.7. The molecule has 1 heterocycles. The Morgan fingerprint density at radius 2 is 1.76 bits per heavy atom. The van der Waals surface area contributed by atoms with E-state index < -0.39 is 0 Å². The molecule has 0 saturated carbocycles. The molecule has 0 aliphatic rings. The van der Waals surface area contributed by atoms with E-state index in [-0.39, 0.29) is 0 Å². The van der Waals surface area contributed by atoms with Crippen LogP contribution in [0.25, 0.3) is 22.6 Å². The smallest absolute Gasteiger partial charge is 0.0998 e. The fraction of sp³-hybridized carbons (Fsp3) is 0. The van der Waals surface area contributed by atoms with Gasteiger partial charge in [-0.15, -0.1) is 0 Å². The highest BCUT2D eigenvalue weighted by atomic mass is 14.7. The summed E-state index contributed by atoms with van der Waals surface area (Å²) in [7, 11) is 0. The maximum Gasteiger partial charge on any atom is 0.0998 e. The van der Waals surface area contributed by atoms with Crippen LogP contribution < -0.4 is 0 Å². The number of H-pyrrole nitrogens is 1. The van der Waals surface area contributed by atoms with Crippen LogP contribution in [0.1, 0.15) is 16.7 Å². The Kier molecular flexibility index (Phi) is 3.25. The number of nitrogens with one attached hydrogen (secondary N) is 1. The van der Waals surface area contributed by atoms with Crippen LogP contribution in [0.3, 0.4) is 0 Å². The lowest BCUT2D eigenvalue weighted by Gasteiger charge is -1.98. The molecule has 3 heteroatoms. The van der Waals surface area contributed by atoms with Crippen LogP contribution in [-0.4, -0.2) is 4.98 Å². The van der Waals surface area contributed by atoms with E-state index in [4.69, 9.17) is 5.26 Å². The first kappa shape index (κ1) is 12.7. The summed E-state index contributed by atoms with van der Waals surface area (Å²) in [4.78, 5) is 3.17. The summed E-state index contributed by atoms with van der Waals surface area (Å²) < 4.78 is 0. The van der Waals surface area contributed by atoms with E-state index in [9.17, 15) is 5.26 Å². The molecule has 3 nitrogen and oxygen atoms in total. The molecule has 3 aromatic rings. The summed E-state index contributed by atoms with van der Waals surface area (Å²) in [6, 6.07) is 19.4. The van der Waals surface area contributed by atoms with E-state index in [1.807, 2.05) is 48.7 Å². The molecule has 3 rings (SSSR count). The quantitative estimate of drug-likeness (QED) is 0.712. The molecular weight excluding hydrogens is 258 g/mol. The molecule has 0 spiro atoms. The minimum atomic E-state index is 0.595. The molecule has 0 fully saturated rings. The van der Waals surface area contributed by atoms with Gasteiger partial charge in [0.25, 0.3) is 0 Å². The molecule has 0 saturated heterocycles. The molecule has 1 N–H and O–H groups in total. The molecule has 21 heavy (non-hydrogen) atoms. The summed E-state index contributed by atoms with van der Waals surface area (Å²) in [5.41, 5.74) is 4.00. The van der Waals surface area contributed by atoms with Gasteiger partial charge in [-0.3, -0.25) is 0 Å². The van der Waals surface area contributed by atoms with Gasteiger partial charge >= 0.3 is 0 Å². The number of rotatable bonds is 2. The SMILES string of the molecule is N#C/C(=C\c1ccc(C#N)cc1)c1c[nH]c2ccccc12. The van der Waals surface area contributed by atoms with Crippen LogP contribution in [0, 0.1) is 22.7 Å². The number of hydrogen-bond acceptors (Lipinski definition) is 2. The third-order valence-corrected chi connectivity index (χ3v) is 3.35. The van der Waals surface area contributed by atoms with Crippen molar-refractivity contribution in [2.75, 3.05) is 0 Å². The third-order valence-electron chi connectivity index (χ3n) is 3.35. The highest BCUT2D eigenvalue weighted by Crippen LogP contribution is 2.26. The second-order valence-corrected chi connectivity index (χ2v) is 4.65. The zero-order valence-electron chi connectivity index (χ0n) is 11.2. The van der Waals surface area contributed by atoms with E-state index in [2.05, 4.69) is 17.1 Å². The Morgan fingerprint density at radius 1 is 1.00 bits per heavy atom. The first-order chi connectivity index (χ1) is 10.3. The number of hydrogen-bond donors (Lipinski definition) is 1. The summed E-state index contributed by atoms with van der Waals surface area (Å²) in [6.45, 7) is 0. The van der Waals surface area contributed by atoms with Gasteiger partial charge in [0.05, 0.1) is 23.3 Å². The number of aromatic nitrogens is 1. The molecule has 0 bridgehead atoms. The lowest BCUT2D eigenvalue weighted by Crippen LogP contribution is -1.81. The molecule has 1 aromatic heterocycles. The van der Waals surface area contributed by atoms with Gasteiger partial charge in [-0.2, -0.15) is 10.5 Å². The Morgan fingerprint density at radius 3 is 2.48 bits per heavy atom. The van der Waals surface area contributed by atoms with Gasteiger partial charge in [-0.1, -0.05) is 30.3 Å². The second-order valence-electron chi connectivity index (χ2n) is 4.65. The first-order valence-electron chi connectivity index (χ1n) is 6.50. The van der Waals surface area contributed by atoms with Gasteiger partial charge in [-0.25, -0.2) is 0 Å². The summed E-state index contributed by atoms with van der Waals surface area (Å²) in [5, 5.41) is 19.3. The van der Waals surface area contributed by atoms with Crippen molar-refractivity contribution in [3.8, 4) is 12.1 Å². The number of nitriles is 2. The lowest BCUT2D eigenvalue weighted by molar-refractivity contribution is 1.46. The van der Waals surface area contributed by atoms with Crippen molar-refractivity contribution in [3.63, 3.8) is 0 Å². The summed E-state index contributed by atoms with van der Waals surface area (Å²) in [6.07, 6.45) is 3.68. The van der Waals surface area contributed by atoms with Crippen LogP contribution in [0.2, 0.25) is 0 Å². The molecule has 0 amide bonds. The molecule has 0 atom stereocenters. The van der Waals surface area contributed by atoms with Crippen molar-refractivity contribution in [2.24, 2.45) is 0 Å². The zero-order valence-corrected chi connectivity index (χ0v) is 11.2. The predicted molar refractivity (Wildman–Crippen MR) is 82.9 cm³/mol. The number of benzene rings is 2. The predicted octanol–water partition coefficient (Wildman–Crippen LogP) is 4.10. The average molecular weight is 269 g/mol. The number of fused-ring (bicyclic) bond motifs is 1. The van der Waals surface area contributed by atoms with Gasteiger partial charge in [-0.05, 0) is 29.8 Å². The molecule has 0 radical (unpaired) electrons. The van der Waals surface area contributed by atoms with Crippen molar-refractivity contribution in [1.29, 1.82) is 10.5 Å². The highest BCUT2D eigenvalue weighted by molar-refractivity contribution is 6.01.